The van der Waals surface area contributed by atoms with Crippen LogP contribution in [0.4, 0.5) is 0 Å². The molecule has 0 aromatic carbocycles. The maximum absolute atomic E-state index is 11.1. The van der Waals surface area contributed by atoms with Gasteiger partial charge in [-0.25, -0.2) is 8.42 Å². The van der Waals surface area contributed by atoms with Crippen molar-refractivity contribution in [3.63, 3.8) is 0 Å². The number of rotatable bonds is 6. The predicted octanol–water partition coefficient (Wildman–Crippen LogP) is 0.226. The average Bonchev–Trinajstić information content (AvgIpc) is 2.97. The lowest BCUT2D eigenvalue weighted by Crippen LogP contribution is -2.16. The standard InChI is InChI=1S/C11H19N3O4S/c1-19(15,16)6-4-9(12)11-13-10(14-18-11)7-8-3-2-5-17-8/h8-9H,2-7,12H2,1H3. The summed E-state index contributed by atoms with van der Waals surface area (Å²) in [5.74, 6) is 0.866. The molecule has 0 spiro atoms. The summed E-state index contributed by atoms with van der Waals surface area (Å²) in [4.78, 5) is 4.20. The second-order valence-corrected chi connectivity index (χ2v) is 7.17. The number of ether oxygens (including phenoxy) is 1. The van der Waals surface area contributed by atoms with Crippen LogP contribution in [0.5, 0.6) is 0 Å². The minimum absolute atomic E-state index is 0.0115. The van der Waals surface area contributed by atoms with Gasteiger partial charge in [0.15, 0.2) is 5.82 Å². The Labute approximate surface area is 112 Å². The number of sulfone groups is 1. The van der Waals surface area contributed by atoms with Crippen molar-refractivity contribution in [3.05, 3.63) is 11.7 Å². The lowest BCUT2D eigenvalue weighted by atomic mass is 10.2. The van der Waals surface area contributed by atoms with Crippen LogP contribution >= 0.6 is 0 Å². The minimum Gasteiger partial charge on any atom is -0.378 e. The van der Waals surface area contributed by atoms with Crippen molar-refractivity contribution < 1.29 is 17.7 Å². The molecule has 1 aliphatic heterocycles. The van der Waals surface area contributed by atoms with Gasteiger partial charge >= 0.3 is 0 Å². The molecule has 0 bridgehead atoms. The number of hydrogen-bond acceptors (Lipinski definition) is 7. The van der Waals surface area contributed by atoms with Crippen LogP contribution in [0.3, 0.4) is 0 Å². The van der Waals surface area contributed by atoms with E-state index >= 15 is 0 Å². The van der Waals surface area contributed by atoms with Gasteiger partial charge in [0.1, 0.15) is 9.84 Å². The smallest absolute Gasteiger partial charge is 0.243 e. The molecule has 2 unspecified atom stereocenters. The molecule has 1 saturated heterocycles. The molecule has 19 heavy (non-hydrogen) atoms. The summed E-state index contributed by atoms with van der Waals surface area (Å²) in [6.07, 6.45) is 4.28. The van der Waals surface area contributed by atoms with Crippen LogP contribution in [0.15, 0.2) is 4.52 Å². The Morgan fingerprint density at radius 2 is 2.32 bits per heavy atom. The molecule has 1 fully saturated rings. The van der Waals surface area contributed by atoms with E-state index in [1.165, 1.54) is 6.26 Å². The fraction of sp³-hybridized carbons (Fsp3) is 0.818. The molecular formula is C11H19N3O4S. The van der Waals surface area contributed by atoms with Gasteiger partial charge in [-0.1, -0.05) is 5.16 Å². The van der Waals surface area contributed by atoms with Gasteiger partial charge in [-0.15, -0.1) is 0 Å². The van der Waals surface area contributed by atoms with Crippen molar-refractivity contribution in [1.82, 2.24) is 10.1 Å². The molecule has 2 N–H and O–H groups in total. The Morgan fingerprint density at radius 3 is 2.95 bits per heavy atom. The van der Waals surface area contributed by atoms with Crippen molar-refractivity contribution in [1.29, 1.82) is 0 Å². The van der Waals surface area contributed by atoms with Crippen molar-refractivity contribution in [3.8, 4) is 0 Å². The Morgan fingerprint density at radius 1 is 1.53 bits per heavy atom. The molecule has 7 nitrogen and oxygen atoms in total. The van der Waals surface area contributed by atoms with Crippen LogP contribution < -0.4 is 5.73 Å². The quantitative estimate of drug-likeness (QED) is 0.798. The molecule has 2 heterocycles. The number of aromatic nitrogens is 2. The average molecular weight is 289 g/mol. The largest absolute Gasteiger partial charge is 0.378 e. The monoisotopic (exact) mass is 289 g/mol. The Bertz CT molecular complexity index is 508. The first kappa shape index (κ1) is 14.4. The van der Waals surface area contributed by atoms with Crippen molar-refractivity contribution >= 4 is 9.84 Å². The van der Waals surface area contributed by atoms with Crippen LogP contribution in [0, 0.1) is 0 Å². The molecule has 2 atom stereocenters. The number of hydrogen-bond donors (Lipinski definition) is 1. The van der Waals surface area contributed by atoms with Crippen LogP contribution in [-0.4, -0.2) is 43.3 Å². The summed E-state index contributed by atoms with van der Waals surface area (Å²) >= 11 is 0. The molecule has 2 rings (SSSR count). The maximum Gasteiger partial charge on any atom is 0.243 e. The fourth-order valence-corrected chi connectivity index (χ4v) is 2.66. The van der Waals surface area contributed by atoms with Crippen molar-refractivity contribution in [2.24, 2.45) is 5.73 Å². The van der Waals surface area contributed by atoms with E-state index < -0.39 is 15.9 Å². The van der Waals surface area contributed by atoms with Crippen molar-refractivity contribution in [2.45, 2.75) is 37.8 Å². The predicted molar refractivity (Wildman–Crippen MR) is 68.2 cm³/mol. The van der Waals surface area contributed by atoms with Gasteiger partial charge in [0, 0.05) is 19.3 Å². The zero-order valence-electron chi connectivity index (χ0n) is 10.9. The first-order valence-corrected chi connectivity index (χ1v) is 8.37. The molecule has 1 aromatic heterocycles. The minimum atomic E-state index is -3.03. The molecule has 108 valence electrons. The molecule has 0 amide bonds. The zero-order valence-corrected chi connectivity index (χ0v) is 11.7. The zero-order chi connectivity index (χ0) is 13.9. The van der Waals surface area contributed by atoms with Crippen LogP contribution in [0.1, 0.15) is 37.0 Å². The fourth-order valence-electron chi connectivity index (χ4n) is 1.97. The molecule has 1 aliphatic rings. The summed E-state index contributed by atoms with van der Waals surface area (Å²) in [5, 5.41) is 3.85. The van der Waals surface area contributed by atoms with Gasteiger partial charge in [0.25, 0.3) is 0 Å². The third kappa shape index (κ3) is 4.55. The summed E-state index contributed by atoms with van der Waals surface area (Å²) in [7, 11) is -3.03. The number of nitrogens with two attached hydrogens (primary N) is 1. The molecule has 0 radical (unpaired) electrons. The highest BCUT2D eigenvalue weighted by atomic mass is 32.2. The maximum atomic E-state index is 11.1. The second kappa shape index (κ2) is 5.98. The van der Waals surface area contributed by atoms with Crippen LogP contribution in [0.2, 0.25) is 0 Å². The summed E-state index contributed by atoms with van der Waals surface area (Å²) < 4.78 is 32.7. The third-order valence-electron chi connectivity index (χ3n) is 3.03. The van der Waals surface area contributed by atoms with Crippen LogP contribution in [-0.2, 0) is 21.0 Å². The highest BCUT2D eigenvalue weighted by molar-refractivity contribution is 7.90. The third-order valence-corrected chi connectivity index (χ3v) is 4.01. The van der Waals surface area contributed by atoms with Gasteiger partial charge in [0.2, 0.25) is 5.89 Å². The van der Waals surface area contributed by atoms with E-state index in [1.54, 1.807) is 0 Å². The Hall–Kier alpha value is -0.990. The van der Waals surface area contributed by atoms with E-state index in [9.17, 15) is 8.42 Å². The van der Waals surface area contributed by atoms with Crippen LogP contribution in [0.25, 0.3) is 0 Å². The van der Waals surface area contributed by atoms with E-state index in [-0.39, 0.29) is 24.2 Å². The van der Waals surface area contributed by atoms with E-state index in [4.69, 9.17) is 15.0 Å². The highest BCUT2D eigenvalue weighted by Gasteiger charge is 2.21. The van der Waals surface area contributed by atoms with Gasteiger partial charge in [0.05, 0.1) is 17.9 Å². The van der Waals surface area contributed by atoms with Gasteiger partial charge < -0.3 is 15.0 Å². The van der Waals surface area contributed by atoms with E-state index in [0.29, 0.717) is 12.2 Å². The molecule has 0 aliphatic carbocycles. The first-order chi connectivity index (χ1) is 8.94. The molecule has 1 aromatic rings. The van der Waals surface area contributed by atoms with E-state index in [0.717, 1.165) is 19.4 Å². The van der Waals surface area contributed by atoms with E-state index in [2.05, 4.69) is 10.1 Å². The molecule has 0 saturated carbocycles. The first-order valence-electron chi connectivity index (χ1n) is 6.31. The van der Waals surface area contributed by atoms with Gasteiger partial charge in [-0.05, 0) is 19.3 Å². The normalized spacial score (nSPS) is 21.7. The topological polar surface area (TPSA) is 108 Å². The highest BCUT2D eigenvalue weighted by Crippen LogP contribution is 2.17. The lowest BCUT2D eigenvalue weighted by Gasteiger charge is -2.05. The lowest BCUT2D eigenvalue weighted by molar-refractivity contribution is 0.109. The Kier molecular flexibility index (Phi) is 4.54. The molecule has 8 heteroatoms. The summed E-state index contributed by atoms with van der Waals surface area (Å²) in [6, 6.07) is -0.541. The SMILES string of the molecule is CS(=O)(=O)CCC(N)c1nc(CC2CCCO2)no1. The van der Waals surface area contributed by atoms with Gasteiger partial charge in [-0.2, -0.15) is 4.98 Å². The van der Waals surface area contributed by atoms with E-state index in [1.807, 2.05) is 0 Å². The van der Waals surface area contributed by atoms with Crippen molar-refractivity contribution in [2.75, 3.05) is 18.6 Å². The number of nitrogens with zero attached hydrogens (tertiary/aromatic N) is 2. The van der Waals surface area contributed by atoms with Gasteiger partial charge in [-0.3, -0.25) is 0 Å². The summed E-state index contributed by atoms with van der Waals surface area (Å²) in [6.45, 7) is 0.781. The molecular weight excluding hydrogens is 270 g/mol. The Balaban J connectivity index is 1.88. The summed E-state index contributed by atoms with van der Waals surface area (Å²) in [5.41, 5.74) is 5.83. The second-order valence-electron chi connectivity index (χ2n) is 4.91.